The van der Waals surface area contributed by atoms with Crippen molar-refractivity contribution in [3.05, 3.63) is 66.2 Å². The average Bonchev–Trinajstić information content (AvgIpc) is 3.17. The fourth-order valence-corrected chi connectivity index (χ4v) is 3.54. The number of aromatic nitrogens is 2. The molecule has 3 aromatic rings. The zero-order valence-corrected chi connectivity index (χ0v) is 17.8. The van der Waals surface area contributed by atoms with E-state index in [0.717, 1.165) is 11.3 Å². The van der Waals surface area contributed by atoms with Crippen molar-refractivity contribution in [1.82, 2.24) is 20.4 Å². The first kappa shape index (κ1) is 20.6. The summed E-state index contributed by atoms with van der Waals surface area (Å²) < 4.78 is 1.61. The van der Waals surface area contributed by atoms with Crippen molar-refractivity contribution in [3.8, 4) is 11.3 Å². The Labute approximate surface area is 181 Å². The minimum absolute atomic E-state index is 0.0107. The van der Waals surface area contributed by atoms with Gasteiger partial charge in [-0.15, -0.1) is 0 Å². The van der Waals surface area contributed by atoms with E-state index in [1.54, 1.807) is 10.7 Å². The molecule has 1 fully saturated rings. The molecular weight excluding hydrogens is 392 g/mol. The third kappa shape index (κ3) is 4.59. The van der Waals surface area contributed by atoms with Crippen LogP contribution in [0.1, 0.15) is 30.0 Å². The van der Waals surface area contributed by atoms with Gasteiger partial charge in [0.2, 0.25) is 5.91 Å². The van der Waals surface area contributed by atoms with Crippen LogP contribution in [0.4, 0.5) is 11.5 Å². The van der Waals surface area contributed by atoms with Gasteiger partial charge in [0, 0.05) is 49.4 Å². The molecule has 4 rings (SSSR count). The van der Waals surface area contributed by atoms with E-state index >= 15 is 0 Å². The number of carbonyl (C=O) groups is 2. The van der Waals surface area contributed by atoms with Crippen molar-refractivity contribution in [2.75, 3.05) is 24.3 Å². The lowest BCUT2D eigenvalue weighted by Gasteiger charge is -2.30. The summed E-state index contributed by atoms with van der Waals surface area (Å²) >= 11 is 0. The van der Waals surface area contributed by atoms with Gasteiger partial charge in [-0.2, -0.15) is 5.10 Å². The Hall–Kier alpha value is -3.65. The maximum atomic E-state index is 13.0. The Morgan fingerprint density at radius 3 is 2.61 bits per heavy atom. The predicted octanol–water partition coefficient (Wildman–Crippen LogP) is 2.82. The topological polar surface area (TPSA) is 91.3 Å². The van der Waals surface area contributed by atoms with Crippen LogP contribution in [0, 0.1) is 0 Å². The largest absolute Gasteiger partial charge is 0.378 e. The fraction of sp³-hybridized carbons (Fsp3) is 0.261. The second-order valence-corrected chi connectivity index (χ2v) is 7.87. The van der Waals surface area contributed by atoms with Crippen molar-refractivity contribution in [3.63, 3.8) is 0 Å². The summed E-state index contributed by atoms with van der Waals surface area (Å²) in [7, 11) is 3.85. The maximum Gasteiger partial charge on any atom is 0.256 e. The van der Waals surface area contributed by atoms with Gasteiger partial charge in [0.05, 0.1) is 5.69 Å². The van der Waals surface area contributed by atoms with Gasteiger partial charge < -0.3 is 15.5 Å². The molecule has 31 heavy (non-hydrogen) atoms. The molecule has 0 radical (unpaired) electrons. The predicted molar refractivity (Wildman–Crippen MR) is 121 cm³/mol. The Morgan fingerprint density at radius 2 is 1.90 bits per heavy atom. The summed E-state index contributed by atoms with van der Waals surface area (Å²) in [6.07, 6.45) is -0.167. The molecule has 1 aromatic heterocycles. The molecule has 0 saturated carbocycles. The van der Waals surface area contributed by atoms with E-state index < -0.39 is 6.29 Å². The Morgan fingerprint density at radius 1 is 1.13 bits per heavy atom. The standard InChI is InChI=1S/C23H26N6O2/c1-15-12-21(30)26-23(24-15)29-20(14-19(27-29)16-8-5-4-6-9-16)25-22(31)17-10-7-11-18(13-17)28(2)3/h4-11,13-15,23-24H,12H2,1-3H3,(H,25,31)(H,26,30). The van der Waals surface area contributed by atoms with Crippen molar-refractivity contribution in [2.24, 2.45) is 0 Å². The lowest BCUT2D eigenvalue weighted by molar-refractivity contribution is -0.125. The van der Waals surface area contributed by atoms with Gasteiger partial charge in [0.1, 0.15) is 5.82 Å². The van der Waals surface area contributed by atoms with E-state index in [4.69, 9.17) is 0 Å². The number of nitrogens with zero attached hydrogens (tertiary/aromatic N) is 3. The molecule has 1 aliphatic heterocycles. The number of benzene rings is 2. The Balaban J connectivity index is 1.68. The Kier molecular flexibility index (Phi) is 5.73. The molecule has 160 valence electrons. The number of carbonyl (C=O) groups excluding carboxylic acids is 2. The van der Waals surface area contributed by atoms with Crippen LogP contribution >= 0.6 is 0 Å². The second-order valence-electron chi connectivity index (χ2n) is 7.87. The van der Waals surface area contributed by atoms with Gasteiger partial charge in [0.15, 0.2) is 6.29 Å². The van der Waals surface area contributed by atoms with E-state index in [1.165, 1.54) is 0 Å². The fourth-order valence-electron chi connectivity index (χ4n) is 3.54. The monoisotopic (exact) mass is 418 g/mol. The quantitative estimate of drug-likeness (QED) is 0.593. The van der Waals surface area contributed by atoms with Crippen LogP contribution in [0.15, 0.2) is 60.7 Å². The van der Waals surface area contributed by atoms with Crippen molar-refractivity contribution in [2.45, 2.75) is 25.7 Å². The summed E-state index contributed by atoms with van der Waals surface area (Å²) in [4.78, 5) is 27.1. The molecule has 3 N–H and O–H groups in total. The molecule has 2 heterocycles. The van der Waals surface area contributed by atoms with Crippen LogP contribution in [0.2, 0.25) is 0 Å². The molecule has 0 aliphatic carbocycles. The molecule has 1 aliphatic rings. The number of hydrogen-bond acceptors (Lipinski definition) is 5. The molecular formula is C23H26N6O2. The summed E-state index contributed by atoms with van der Waals surface area (Å²) in [6, 6.07) is 18.9. The van der Waals surface area contributed by atoms with Crippen LogP contribution in [-0.4, -0.2) is 41.7 Å². The molecule has 0 spiro atoms. The minimum Gasteiger partial charge on any atom is -0.378 e. The highest BCUT2D eigenvalue weighted by molar-refractivity contribution is 6.04. The third-order valence-corrected chi connectivity index (χ3v) is 5.15. The summed E-state index contributed by atoms with van der Waals surface area (Å²) in [5.74, 6) is 0.176. The van der Waals surface area contributed by atoms with Crippen LogP contribution in [0.5, 0.6) is 0 Å². The van der Waals surface area contributed by atoms with Crippen LogP contribution in [0.25, 0.3) is 11.3 Å². The average molecular weight is 419 g/mol. The number of anilines is 2. The van der Waals surface area contributed by atoms with Gasteiger partial charge in [0.25, 0.3) is 5.91 Å². The van der Waals surface area contributed by atoms with Crippen molar-refractivity contribution >= 4 is 23.3 Å². The first-order valence-electron chi connectivity index (χ1n) is 10.2. The first-order valence-corrected chi connectivity index (χ1v) is 10.2. The number of hydrogen-bond donors (Lipinski definition) is 3. The van der Waals surface area contributed by atoms with Gasteiger partial charge in [-0.05, 0) is 25.1 Å². The minimum atomic E-state index is -0.558. The number of amides is 2. The molecule has 8 heteroatoms. The molecule has 2 unspecified atom stereocenters. The SMILES string of the molecule is CC1CC(=O)NC(n2nc(-c3ccccc3)cc2NC(=O)c2cccc(N(C)C)c2)N1. The molecule has 8 nitrogen and oxygen atoms in total. The van der Waals surface area contributed by atoms with Gasteiger partial charge in [-0.1, -0.05) is 36.4 Å². The highest BCUT2D eigenvalue weighted by Gasteiger charge is 2.27. The van der Waals surface area contributed by atoms with Crippen molar-refractivity contribution < 1.29 is 9.59 Å². The number of nitrogens with one attached hydrogen (secondary N) is 3. The molecule has 2 atom stereocenters. The lowest BCUT2D eigenvalue weighted by atomic mass is 10.1. The van der Waals surface area contributed by atoms with E-state index in [9.17, 15) is 9.59 Å². The molecule has 0 bridgehead atoms. The van der Waals surface area contributed by atoms with E-state index in [1.807, 2.05) is 80.5 Å². The summed E-state index contributed by atoms with van der Waals surface area (Å²) in [6.45, 7) is 1.94. The summed E-state index contributed by atoms with van der Waals surface area (Å²) in [5, 5.41) is 13.9. The summed E-state index contributed by atoms with van der Waals surface area (Å²) in [5.41, 5.74) is 3.09. The third-order valence-electron chi connectivity index (χ3n) is 5.15. The van der Waals surface area contributed by atoms with Gasteiger partial charge in [-0.3, -0.25) is 14.9 Å². The van der Waals surface area contributed by atoms with E-state index in [2.05, 4.69) is 21.0 Å². The molecule has 2 amide bonds. The molecule has 2 aromatic carbocycles. The highest BCUT2D eigenvalue weighted by atomic mass is 16.2. The highest BCUT2D eigenvalue weighted by Crippen LogP contribution is 2.25. The maximum absolute atomic E-state index is 13.0. The second kappa shape index (κ2) is 8.61. The van der Waals surface area contributed by atoms with Crippen LogP contribution in [0.3, 0.4) is 0 Å². The zero-order chi connectivity index (χ0) is 22.0. The molecule has 1 saturated heterocycles. The van der Waals surface area contributed by atoms with E-state index in [0.29, 0.717) is 23.5 Å². The first-order chi connectivity index (χ1) is 14.9. The lowest BCUT2D eigenvalue weighted by Crippen LogP contribution is -2.52. The van der Waals surface area contributed by atoms with E-state index in [-0.39, 0.29) is 17.9 Å². The van der Waals surface area contributed by atoms with Crippen LogP contribution in [-0.2, 0) is 4.79 Å². The number of rotatable bonds is 5. The van der Waals surface area contributed by atoms with Crippen molar-refractivity contribution in [1.29, 1.82) is 0 Å². The van der Waals surface area contributed by atoms with Gasteiger partial charge >= 0.3 is 0 Å². The Bertz CT molecular complexity index is 1090. The van der Waals surface area contributed by atoms with Crippen LogP contribution < -0.4 is 20.9 Å². The van der Waals surface area contributed by atoms with Gasteiger partial charge in [-0.25, -0.2) is 4.68 Å². The zero-order valence-electron chi connectivity index (χ0n) is 17.8. The normalized spacial score (nSPS) is 18.4. The smallest absolute Gasteiger partial charge is 0.256 e.